The van der Waals surface area contributed by atoms with Crippen molar-refractivity contribution in [3.63, 3.8) is 0 Å². The minimum Gasteiger partial charge on any atom is -0.481 e. The molecule has 0 aromatic heterocycles. The maximum Gasteiger partial charge on any atom is 0.311 e. The van der Waals surface area contributed by atoms with Crippen molar-refractivity contribution in [2.75, 3.05) is 13.1 Å². The van der Waals surface area contributed by atoms with Gasteiger partial charge in [0.15, 0.2) is 0 Å². The minimum atomic E-state index is -0.580. The molecular formula is C21H32ClNO2. The van der Waals surface area contributed by atoms with Crippen LogP contribution in [0.4, 0.5) is 0 Å². The van der Waals surface area contributed by atoms with Crippen LogP contribution in [-0.2, 0) is 16.8 Å². The Bertz CT molecular complexity index is 641. The first-order valence-corrected chi connectivity index (χ1v) is 9.20. The Kier molecular flexibility index (Phi) is 5.61. The van der Waals surface area contributed by atoms with Crippen LogP contribution in [0.5, 0.6) is 0 Å². The van der Waals surface area contributed by atoms with E-state index >= 15 is 0 Å². The summed E-state index contributed by atoms with van der Waals surface area (Å²) < 4.78 is 0. The molecule has 1 aliphatic carbocycles. The molecule has 0 unspecified atom stereocenters. The molecule has 1 saturated carbocycles. The number of benzene rings is 1. The third-order valence-electron chi connectivity index (χ3n) is 6.31. The summed E-state index contributed by atoms with van der Waals surface area (Å²) in [6.45, 7) is 13.7. The maximum absolute atomic E-state index is 11.9. The van der Waals surface area contributed by atoms with Crippen molar-refractivity contribution in [2.45, 2.75) is 65.8 Å². The third-order valence-corrected chi connectivity index (χ3v) is 6.31. The first-order chi connectivity index (χ1) is 11.1. The van der Waals surface area contributed by atoms with E-state index in [9.17, 15) is 9.90 Å². The van der Waals surface area contributed by atoms with Crippen LogP contribution in [0.25, 0.3) is 0 Å². The minimum absolute atomic E-state index is 0. The summed E-state index contributed by atoms with van der Waals surface area (Å²) in [6, 6.07) is 4.62. The lowest BCUT2D eigenvalue weighted by molar-refractivity contribution is -0.149. The van der Waals surface area contributed by atoms with E-state index in [1.165, 1.54) is 22.3 Å². The van der Waals surface area contributed by atoms with E-state index in [-0.39, 0.29) is 17.8 Å². The number of likely N-dealkylation sites (tertiary alicyclic amines) is 1. The fraction of sp³-hybridized carbons (Fsp3) is 0.667. The van der Waals surface area contributed by atoms with Crippen LogP contribution in [-0.4, -0.2) is 29.1 Å². The van der Waals surface area contributed by atoms with Crippen molar-refractivity contribution in [1.82, 2.24) is 4.90 Å². The first kappa shape index (κ1) is 20.3. The summed E-state index contributed by atoms with van der Waals surface area (Å²) in [5.41, 5.74) is 5.10. The molecular weight excluding hydrogens is 334 g/mol. The second-order valence-electron chi connectivity index (χ2n) is 9.06. The molecule has 0 radical (unpaired) electrons. The summed E-state index contributed by atoms with van der Waals surface area (Å²) in [4.78, 5) is 14.2. The Hall–Kier alpha value is -1.06. The number of carbonyl (C=O) groups is 1. The van der Waals surface area contributed by atoms with Gasteiger partial charge in [-0.1, -0.05) is 39.3 Å². The smallest absolute Gasteiger partial charge is 0.311 e. The second kappa shape index (κ2) is 6.92. The Morgan fingerprint density at radius 2 is 1.88 bits per heavy atom. The number of fused-ring (bicyclic) bond motifs is 1. The van der Waals surface area contributed by atoms with E-state index in [0.29, 0.717) is 12.5 Å². The van der Waals surface area contributed by atoms with Crippen molar-refractivity contribution < 1.29 is 9.90 Å². The number of aliphatic carboxylic acids is 1. The summed E-state index contributed by atoms with van der Waals surface area (Å²) in [5.74, 6) is -0.242. The van der Waals surface area contributed by atoms with Gasteiger partial charge >= 0.3 is 5.97 Å². The zero-order valence-corrected chi connectivity index (χ0v) is 17.0. The van der Waals surface area contributed by atoms with Gasteiger partial charge in [-0.25, -0.2) is 0 Å². The molecule has 1 saturated heterocycles. The summed E-state index contributed by atoms with van der Waals surface area (Å²) in [7, 11) is 0. The van der Waals surface area contributed by atoms with E-state index in [2.05, 4.69) is 51.7 Å². The van der Waals surface area contributed by atoms with Crippen LogP contribution >= 0.6 is 12.4 Å². The molecule has 4 heteroatoms. The van der Waals surface area contributed by atoms with Gasteiger partial charge in [0.05, 0.1) is 5.41 Å². The Morgan fingerprint density at radius 1 is 1.28 bits per heavy atom. The van der Waals surface area contributed by atoms with Crippen LogP contribution < -0.4 is 0 Å². The highest BCUT2D eigenvalue weighted by atomic mass is 35.5. The fourth-order valence-electron chi connectivity index (χ4n) is 4.76. The predicted molar refractivity (Wildman–Crippen MR) is 105 cm³/mol. The zero-order chi connectivity index (χ0) is 17.7. The average molecular weight is 366 g/mol. The number of hydrogen-bond acceptors (Lipinski definition) is 2. The molecule has 1 N–H and O–H groups in total. The predicted octanol–water partition coefficient (Wildman–Crippen LogP) is 4.71. The molecule has 3 rings (SSSR count). The van der Waals surface area contributed by atoms with Gasteiger partial charge in [0.25, 0.3) is 0 Å². The number of halogens is 1. The van der Waals surface area contributed by atoms with Gasteiger partial charge in [-0.3, -0.25) is 9.69 Å². The molecule has 1 aromatic carbocycles. The van der Waals surface area contributed by atoms with Crippen LogP contribution in [0.2, 0.25) is 0 Å². The fourth-order valence-corrected chi connectivity index (χ4v) is 4.76. The molecule has 25 heavy (non-hydrogen) atoms. The quantitative estimate of drug-likeness (QED) is 0.843. The van der Waals surface area contributed by atoms with Crippen molar-refractivity contribution in [3.05, 3.63) is 34.4 Å². The molecule has 0 amide bonds. The Labute approximate surface area is 158 Å². The molecule has 1 heterocycles. The molecule has 0 bridgehead atoms. The van der Waals surface area contributed by atoms with Crippen molar-refractivity contribution >= 4 is 18.4 Å². The molecule has 0 spiro atoms. The van der Waals surface area contributed by atoms with Crippen molar-refractivity contribution in [1.29, 1.82) is 0 Å². The number of hydrogen-bond donors (Lipinski definition) is 1. The Balaban J connectivity index is 0.00000225. The number of aryl methyl sites for hydroxylation is 2. The molecule has 2 atom stereocenters. The summed E-state index contributed by atoms with van der Waals surface area (Å²) >= 11 is 0. The van der Waals surface area contributed by atoms with Gasteiger partial charge < -0.3 is 5.11 Å². The van der Waals surface area contributed by atoms with E-state index in [1.54, 1.807) is 0 Å². The van der Waals surface area contributed by atoms with Gasteiger partial charge in [0.2, 0.25) is 0 Å². The topological polar surface area (TPSA) is 40.5 Å². The number of nitrogens with zero attached hydrogens (tertiary/aromatic N) is 1. The average Bonchev–Trinajstić information content (AvgIpc) is 2.99. The van der Waals surface area contributed by atoms with Crippen molar-refractivity contribution in [2.24, 2.45) is 11.3 Å². The van der Waals surface area contributed by atoms with Gasteiger partial charge in [-0.05, 0) is 60.3 Å². The monoisotopic (exact) mass is 365 g/mol. The highest BCUT2D eigenvalue weighted by molar-refractivity contribution is 5.85. The van der Waals surface area contributed by atoms with Crippen LogP contribution in [0.3, 0.4) is 0 Å². The molecule has 3 nitrogen and oxygen atoms in total. The highest BCUT2D eigenvalue weighted by Crippen LogP contribution is 2.49. The number of carboxylic acids is 1. The molecule has 2 aliphatic rings. The van der Waals surface area contributed by atoms with E-state index in [0.717, 1.165) is 32.4 Å². The standard InChI is InChI=1S/C21H31NO2.ClH/c1-14-9-17(20(3,4)5)10-15(2)18(14)12-22-11-16-7-6-8-21(16,13-22)19(23)24;/h9-10,16H,6-8,11-13H2,1-5H3,(H,23,24);1H/t16-,21+;/m0./s1. The van der Waals surface area contributed by atoms with Gasteiger partial charge in [0, 0.05) is 19.6 Å². The molecule has 140 valence electrons. The molecule has 1 aliphatic heterocycles. The van der Waals surface area contributed by atoms with Crippen LogP contribution in [0, 0.1) is 25.2 Å². The van der Waals surface area contributed by atoms with E-state index in [4.69, 9.17) is 0 Å². The Morgan fingerprint density at radius 3 is 2.36 bits per heavy atom. The van der Waals surface area contributed by atoms with Gasteiger partial charge in [-0.15, -0.1) is 12.4 Å². The first-order valence-electron chi connectivity index (χ1n) is 9.20. The largest absolute Gasteiger partial charge is 0.481 e. The van der Waals surface area contributed by atoms with Gasteiger partial charge in [0.1, 0.15) is 0 Å². The summed E-state index contributed by atoms with van der Waals surface area (Å²) in [5, 5.41) is 9.77. The SMILES string of the molecule is Cc1cc(C(C)(C)C)cc(C)c1CN1C[C@@H]2CCC[C@@]2(C(=O)O)C1.Cl. The maximum atomic E-state index is 11.9. The molecule has 1 aromatic rings. The van der Waals surface area contributed by atoms with E-state index < -0.39 is 11.4 Å². The lowest BCUT2D eigenvalue weighted by Crippen LogP contribution is -2.35. The second-order valence-corrected chi connectivity index (χ2v) is 9.06. The number of carboxylic acid groups (broad SMARTS) is 1. The molecule has 2 fully saturated rings. The van der Waals surface area contributed by atoms with E-state index in [1.807, 2.05) is 0 Å². The highest BCUT2D eigenvalue weighted by Gasteiger charge is 2.54. The van der Waals surface area contributed by atoms with Gasteiger partial charge in [-0.2, -0.15) is 0 Å². The summed E-state index contributed by atoms with van der Waals surface area (Å²) in [6.07, 6.45) is 3.00. The normalized spacial score (nSPS) is 26.4. The lowest BCUT2D eigenvalue weighted by atomic mass is 9.81. The van der Waals surface area contributed by atoms with Crippen LogP contribution in [0.15, 0.2) is 12.1 Å². The number of rotatable bonds is 3. The van der Waals surface area contributed by atoms with Crippen molar-refractivity contribution in [3.8, 4) is 0 Å². The lowest BCUT2D eigenvalue weighted by Gasteiger charge is -2.26. The zero-order valence-electron chi connectivity index (χ0n) is 16.2. The van der Waals surface area contributed by atoms with Crippen LogP contribution in [0.1, 0.15) is 62.3 Å². The third kappa shape index (κ3) is 3.59.